The molecule has 2 fully saturated rings. The summed E-state index contributed by atoms with van der Waals surface area (Å²) in [4.78, 5) is 24.7. The van der Waals surface area contributed by atoms with Crippen LogP contribution < -0.4 is 0 Å². The van der Waals surface area contributed by atoms with Crippen LogP contribution in [-0.2, 0) is 14.3 Å². The number of aliphatic carboxylic acids is 1. The number of carbonyl (C=O) groups excluding carboxylic acids is 1. The highest BCUT2D eigenvalue weighted by Crippen LogP contribution is 2.21. The van der Waals surface area contributed by atoms with Gasteiger partial charge < -0.3 is 14.7 Å². The smallest absolute Gasteiger partial charge is 0.326 e. The lowest BCUT2D eigenvalue weighted by molar-refractivity contribution is -0.155. The monoisotopic (exact) mass is 269 g/mol. The van der Waals surface area contributed by atoms with Crippen LogP contribution >= 0.6 is 0 Å². The Morgan fingerprint density at radius 2 is 1.74 bits per heavy atom. The molecule has 0 aromatic rings. The van der Waals surface area contributed by atoms with Gasteiger partial charge in [0.05, 0.1) is 6.10 Å². The second-order valence-electron chi connectivity index (χ2n) is 5.51. The Hall–Kier alpha value is -1.10. The highest BCUT2D eigenvalue weighted by molar-refractivity contribution is 5.84. The van der Waals surface area contributed by atoms with Crippen molar-refractivity contribution >= 4 is 11.9 Å². The quantitative estimate of drug-likeness (QED) is 0.845. The van der Waals surface area contributed by atoms with Crippen molar-refractivity contribution in [2.24, 2.45) is 0 Å². The van der Waals surface area contributed by atoms with E-state index in [1.165, 1.54) is 24.2 Å². The number of hydrogen-bond acceptors (Lipinski definition) is 3. The Morgan fingerprint density at radius 3 is 2.42 bits per heavy atom. The standard InChI is InChI=1S/C14H23NO4/c16-13(10-19-11-6-2-1-3-7-11)15-9-5-4-8-12(15)14(17)18/h11-12H,1-10H2,(H,17,18)/t12-/m0/s1. The molecule has 1 aliphatic heterocycles. The number of carboxylic acid groups (broad SMARTS) is 1. The summed E-state index contributed by atoms with van der Waals surface area (Å²) in [6.45, 7) is 0.582. The van der Waals surface area contributed by atoms with E-state index in [9.17, 15) is 9.59 Å². The van der Waals surface area contributed by atoms with Gasteiger partial charge in [0.2, 0.25) is 5.91 Å². The summed E-state index contributed by atoms with van der Waals surface area (Å²) in [6.07, 6.45) is 8.14. The highest BCUT2D eigenvalue weighted by Gasteiger charge is 2.32. The van der Waals surface area contributed by atoms with E-state index in [4.69, 9.17) is 9.84 Å². The molecule has 1 heterocycles. The molecule has 1 N–H and O–H groups in total. The van der Waals surface area contributed by atoms with E-state index >= 15 is 0 Å². The molecule has 0 aromatic heterocycles. The van der Waals surface area contributed by atoms with Crippen molar-refractivity contribution in [2.75, 3.05) is 13.2 Å². The molecule has 1 aliphatic carbocycles. The number of nitrogens with zero attached hydrogens (tertiary/aromatic N) is 1. The third-order valence-corrected chi connectivity index (χ3v) is 4.10. The molecule has 5 heteroatoms. The maximum absolute atomic E-state index is 12.1. The fourth-order valence-electron chi connectivity index (χ4n) is 2.99. The first kappa shape index (κ1) is 14.3. The van der Waals surface area contributed by atoms with Crippen LogP contribution in [-0.4, -0.2) is 47.2 Å². The minimum Gasteiger partial charge on any atom is -0.480 e. The lowest BCUT2D eigenvalue weighted by atomic mass is 9.98. The van der Waals surface area contributed by atoms with Gasteiger partial charge in [-0.3, -0.25) is 4.79 Å². The van der Waals surface area contributed by atoms with E-state index in [1.807, 2.05) is 0 Å². The molecular weight excluding hydrogens is 246 g/mol. The number of ether oxygens (including phenoxy) is 1. The van der Waals surface area contributed by atoms with Gasteiger partial charge in [-0.2, -0.15) is 0 Å². The van der Waals surface area contributed by atoms with Crippen LogP contribution in [0.1, 0.15) is 51.4 Å². The van der Waals surface area contributed by atoms with E-state index in [1.54, 1.807) is 0 Å². The molecule has 1 saturated carbocycles. The summed E-state index contributed by atoms with van der Waals surface area (Å²) >= 11 is 0. The number of hydrogen-bond donors (Lipinski definition) is 1. The van der Waals surface area contributed by atoms with Crippen LogP contribution in [0.15, 0.2) is 0 Å². The van der Waals surface area contributed by atoms with Crippen molar-refractivity contribution in [1.29, 1.82) is 0 Å². The zero-order valence-electron chi connectivity index (χ0n) is 11.3. The number of likely N-dealkylation sites (tertiary alicyclic amines) is 1. The van der Waals surface area contributed by atoms with Gasteiger partial charge in [-0.25, -0.2) is 4.79 Å². The summed E-state index contributed by atoms with van der Waals surface area (Å²) in [7, 11) is 0. The fraction of sp³-hybridized carbons (Fsp3) is 0.857. The van der Waals surface area contributed by atoms with Gasteiger partial charge in [-0.15, -0.1) is 0 Å². The van der Waals surface area contributed by atoms with Gasteiger partial charge in [-0.1, -0.05) is 19.3 Å². The Labute approximate surface area is 113 Å². The first-order valence-electron chi connectivity index (χ1n) is 7.32. The van der Waals surface area contributed by atoms with E-state index in [-0.39, 0.29) is 18.6 Å². The lowest BCUT2D eigenvalue weighted by Crippen LogP contribution is -2.49. The second-order valence-corrected chi connectivity index (χ2v) is 5.51. The normalized spacial score (nSPS) is 25.3. The molecular formula is C14H23NO4. The van der Waals surface area contributed by atoms with Crippen LogP contribution in [0.5, 0.6) is 0 Å². The van der Waals surface area contributed by atoms with Gasteiger partial charge in [0.1, 0.15) is 12.6 Å². The number of carboxylic acids is 1. The maximum atomic E-state index is 12.1. The molecule has 108 valence electrons. The minimum absolute atomic E-state index is 0.0362. The highest BCUT2D eigenvalue weighted by atomic mass is 16.5. The zero-order valence-corrected chi connectivity index (χ0v) is 11.3. The molecule has 5 nitrogen and oxygen atoms in total. The summed E-state index contributed by atoms with van der Waals surface area (Å²) in [6, 6.07) is -0.656. The molecule has 19 heavy (non-hydrogen) atoms. The van der Waals surface area contributed by atoms with Gasteiger partial charge in [0.25, 0.3) is 0 Å². The minimum atomic E-state index is -0.897. The molecule has 1 amide bonds. The molecule has 1 atom stereocenters. The third-order valence-electron chi connectivity index (χ3n) is 4.10. The molecule has 1 saturated heterocycles. The van der Waals surface area contributed by atoms with Crippen LogP contribution in [0.2, 0.25) is 0 Å². The van der Waals surface area contributed by atoms with Gasteiger partial charge in [-0.05, 0) is 32.1 Å². The molecule has 0 spiro atoms. The third kappa shape index (κ3) is 3.93. The molecule has 0 unspecified atom stereocenters. The van der Waals surface area contributed by atoms with E-state index in [0.29, 0.717) is 13.0 Å². The number of piperidine rings is 1. The van der Waals surface area contributed by atoms with E-state index < -0.39 is 12.0 Å². The van der Waals surface area contributed by atoms with Crippen LogP contribution in [0.25, 0.3) is 0 Å². The van der Waals surface area contributed by atoms with Crippen molar-refractivity contribution in [2.45, 2.75) is 63.5 Å². The topological polar surface area (TPSA) is 66.8 Å². The lowest BCUT2D eigenvalue weighted by Gasteiger charge is -2.33. The van der Waals surface area contributed by atoms with Gasteiger partial charge in [0, 0.05) is 6.54 Å². The summed E-state index contributed by atoms with van der Waals surface area (Å²) in [5.41, 5.74) is 0. The van der Waals surface area contributed by atoms with Crippen molar-refractivity contribution in [1.82, 2.24) is 4.90 Å². The molecule has 0 aromatic carbocycles. The Morgan fingerprint density at radius 1 is 1.05 bits per heavy atom. The second kappa shape index (κ2) is 6.89. The van der Waals surface area contributed by atoms with Crippen LogP contribution in [0, 0.1) is 0 Å². The molecule has 2 rings (SSSR count). The summed E-state index contributed by atoms with van der Waals surface area (Å²) < 4.78 is 5.64. The predicted octanol–water partition coefficient (Wildman–Crippen LogP) is 1.80. The molecule has 2 aliphatic rings. The Kier molecular flexibility index (Phi) is 5.19. The zero-order chi connectivity index (χ0) is 13.7. The largest absolute Gasteiger partial charge is 0.480 e. The maximum Gasteiger partial charge on any atom is 0.326 e. The average molecular weight is 269 g/mol. The first-order chi connectivity index (χ1) is 9.18. The summed E-state index contributed by atoms with van der Waals surface area (Å²) in [5, 5.41) is 9.14. The molecule has 0 bridgehead atoms. The van der Waals surface area contributed by atoms with Crippen LogP contribution in [0.3, 0.4) is 0 Å². The SMILES string of the molecule is O=C(O)[C@@H]1CCCCN1C(=O)COC1CCCCC1. The van der Waals surface area contributed by atoms with Gasteiger partial charge >= 0.3 is 5.97 Å². The number of carbonyl (C=O) groups is 2. The molecule has 0 radical (unpaired) electrons. The predicted molar refractivity (Wildman–Crippen MR) is 69.8 cm³/mol. The van der Waals surface area contributed by atoms with E-state index in [0.717, 1.165) is 25.7 Å². The fourth-order valence-corrected chi connectivity index (χ4v) is 2.99. The average Bonchev–Trinajstić information content (AvgIpc) is 2.46. The summed E-state index contributed by atoms with van der Waals surface area (Å²) in [5.74, 6) is -1.07. The Bertz CT molecular complexity index is 325. The number of rotatable bonds is 4. The van der Waals surface area contributed by atoms with Crippen LogP contribution in [0.4, 0.5) is 0 Å². The van der Waals surface area contributed by atoms with E-state index in [2.05, 4.69) is 0 Å². The van der Waals surface area contributed by atoms with Crippen molar-refractivity contribution in [3.63, 3.8) is 0 Å². The van der Waals surface area contributed by atoms with Crippen molar-refractivity contribution in [3.05, 3.63) is 0 Å². The van der Waals surface area contributed by atoms with Crippen molar-refractivity contribution in [3.8, 4) is 0 Å². The first-order valence-corrected chi connectivity index (χ1v) is 7.32. The number of amides is 1. The Balaban J connectivity index is 1.81. The van der Waals surface area contributed by atoms with Crippen molar-refractivity contribution < 1.29 is 19.4 Å². The van der Waals surface area contributed by atoms with Gasteiger partial charge in [0.15, 0.2) is 0 Å².